The SMILES string of the molecule is COc1ccc(S(=O)(=O)N(CC(=O)NCCOc2ccccc2)c2ccc(C)cc2)cc1. The van der Waals surface area contributed by atoms with E-state index in [1.54, 1.807) is 36.4 Å². The molecule has 0 aliphatic heterocycles. The highest BCUT2D eigenvalue weighted by atomic mass is 32.2. The molecule has 0 bridgehead atoms. The van der Waals surface area contributed by atoms with Gasteiger partial charge in [0.15, 0.2) is 0 Å². The lowest BCUT2D eigenvalue weighted by atomic mass is 10.2. The van der Waals surface area contributed by atoms with Crippen LogP contribution in [0.2, 0.25) is 0 Å². The van der Waals surface area contributed by atoms with Gasteiger partial charge in [-0.05, 0) is 55.5 Å². The molecule has 1 N–H and O–H groups in total. The summed E-state index contributed by atoms with van der Waals surface area (Å²) in [5.74, 6) is 0.812. The molecular formula is C24H26N2O5S. The number of aryl methyl sites for hydroxylation is 1. The number of sulfonamides is 1. The van der Waals surface area contributed by atoms with E-state index in [9.17, 15) is 13.2 Å². The van der Waals surface area contributed by atoms with Crippen molar-refractivity contribution in [1.82, 2.24) is 5.32 Å². The molecule has 32 heavy (non-hydrogen) atoms. The summed E-state index contributed by atoms with van der Waals surface area (Å²) in [6.45, 7) is 2.07. The number of carbonyl (C=O) groups is 1. The summed E-state index contributed by atoms with van der Waals surface area (Å²) in [6, 6.07) is 22.3. The van der Waals surface area contributed by atoms with E-state index in [1.165, 1.54) is 19.2 Å². The predicted octanol–water partition coefficient (Wildman–Crippen LogP) is 3.39. The quantitative estimate of drug-likeness (QED) is 0.475. The molecule has 168 valence electrons. The maximum atomic E-state index is 13.3. The minimum Gasteiger partial charge on any atom is -0.497 e. The number of hydrogen-bond acceptors (Lipinski definition) is 5. The van der Waals surface area contributed by atoms with Gasteiger partial charge in [0.2, 0.25) is 5.91 Å². The average Bonchev–Trinajstić information content (AvgIpc) is 2.81. The Bertz CT molecular complexity index is 1120. The first-order chi connectivity index (χ1) is 15.4. The smallest absolute Gasteiger partial charge is 0.264 e. The third-order valence-corrected chi connectivity index (χ3v) is 6.48. The van der Waals surface area contributed by atoms with Gasteiger partial charge in [0, 0.05) is 0 Å². The van der Waals surface area contributed by atoms with Crippen molar-refractivity contribution < 1.29 is 22.7 Å². The molecular weight excluding hydrogens is 428 g/mol. The highest BCUT2D eigenvalue weighted by Crippen LogP contribution is 2.25. The van der Waals surface area contributed by atoms with E-state index in [2.05, 4.69) is 5.32 Å². The number of anilines is 1. The number of para-hydroxylation sites is 1. The number of nitrogens with one attached hydrogen (secondary N) is 1. The Morgan fingerprint density at radius 3 is 2.19 bits per heavy atom. The number of amides is 1. The molecule has 0 aliphatic rings. The molecule has 8 heteroatoms. The Morgan fingerprint density at radius 1 is 0.906 bits per heavy atom. The van der Waals surface area contributed by atoms with Gasteiger partial charge in [0.25, 0.3) is 10.0 Å². The zero-order chi connectivity index (χ0) is 23.0. The highest BCUT2D eigenvalue weighted by Gasteiger charge is 2.27. The van der Waals surface area contributed by atoms with Crippen molar-refractivity contribution in [3.8, 4) is 11.5 Å². The Kier molecular flexibility index (Phi) is 7.72. The summed E-state index contributed by atoms with van der Waals surface area (Å²) in [5.41, 5.74) is 1.39. The normalized spacial score (nSPS) is 10.9. The standard InChI is InChI=1S/C24H26N2O5S/c1-19-8-10-20(11-9-19)26(32(28,29)23-14-12-21(30-2)13-15-23)18-24(27)25-16-17-31-22-6-4-3-5-7-22/h3-15H,16-18H2,1-2H3,(H,25,27). The van der Waals surface area contributed by atoms with Crippen LogP contribution in [0.3, 0.4) is 0 Å². The molecule has 7 nitrogen and oxygen atoms in total. The summed E-state index contributed by atoms with van der Waals surface area (Å²) in [5, 5.41) is 2.72. The maximum Gasteiger partial charge on any atom is 0.264 e. The summed E-state index contributed by atoms with van der Waals surface area (Å²) in [6.07, 6.45) is 0. The maximum absolute atomic E-state index is 13.3. The second-order valence-electron chi connectivity index (χ2n) is 7.03. The lowest BCUT2D eigenvalue weighted by Crippen LogP contribution is -2.41. The van der Waals surface area contributed by atoms with E-state index in [0.29, 0.717) is 17.2 Å². The van der Waals surface area contributed by atoms with E-state index in [0.717, 1.165) is 9.87 Å². The number of rotatable bonds is 10. The van der Waals surface area contributed by atoms with E-state index in [4.69, 9.17) is 9.47 Å². The van der Waals surface area contributed by atoms with Crippen molar-refractivity contribution in [3.05, 3.63) is 84.4 Å². The predicted molar refractivity (Wildman–Crippen MR) is 124 cm³/mol. The average molecular weight is 455 g/mol. The van der Waals surface area contributed by atoms with Gasteiger partial charge < -0.3 is 14.8 Å². The lowest BCUT2D eigenvalue weighted by molar-refractivity contribution is -0.119. The van der Waals surface area contributed by atoms with Crippen LogP contribution in [0.15, 0.2) is 83.8 Å². The summed E-state index contributed by atoms with van der Waals surface area (Å²) >= 11 is 0. The van der Waals surface area contributed by atoms with E-state index < -0.39 is 15.9 Å². The number of methoxy groups -OCH3 is 1. The minimum atomic E-state index is -3.97. The van der Waals surface area contributed by atoms with Gasteiger partial charge in [-0.3, -0.25) is 9.10 Å². The highest BCUT2D eigenvalue weighted by molar-refractivity contribution is 7.92. The fourth-order valence-corrected chi connectivity index (χ4v) is 4.38. The fourth-order valence-electron chi connectivity index (χ4n) is 2.96. The Balaban J connectivity index is 1.72. The minimum absolute atomic E-state index is 0.0686. The van der Waals surface area contributed by atoms with Gasteiger partial charge >= 0.3 is 0 Å². The van der Waals surface area contributed by atoms with Crippen LogP contribution in [-0.4, -0.2) is 41.1 Å². The van der Waals surface area contributed by atoms with Crippen molar-refractivity contribution in [3.63, 3.8) is 0 Å². The largest absolute Gasteiger partial charge is 0.497 e. The molecule has 0 atom stereocenters. The molecule has 0 saturated carbocycles. The second kappa shape index (κ2) is 10.7. The van der Waals surface area contributed by atoms with Gasteiger partial charge in [0.05, 0.1) is 24.2 Å². The molecule has 0 fully saturated rings. The Hall–Kier alpha value is -3.52. The lowest BCUT2D eigenvalue weighted by Gasteiger charge is -2.24. The van der Waals surface area contributed by atoms with E-state index in [-0.39, 0.29) is 24.6 Å². The van der Waals surface area contributed by atoms with Crippen LogP contribution in [0.5, 0.6) is 11.5 Å². The van der Waals surface area contributed by atoms with Gasteiger partial charge in [-0.25, -0.2) is 8.42 Å². The second-order valence-corrected chi connectivity index (χ2v) is 8.90. The van der Waals surface area contributed by atoms with Gasteiger partial charge in [-0.2, -0.15) is 0 Å². The first-order valence-corrected chi connectivity index (χ1v) is 11.5. The van der Waals surface area contributed by atoms with Crippen molar-refractivity contribution in [2.75, 3.05) is 31.1 Å². The van der Waals surface area contributed by atoms with Crippen LogP contribution in [-0.2, 0) is 14.8 Å². The fraction of sp³-hybridized carbons (Fsp3) is 0.208. The van der Waals surface area contributed by atoms with Crippen LogP contribution in [0.4, 0.5) is 5.69 Å². The third-order valence-electron chi connectivity index (χ3n) is 4.69. The van der Waals surface area contributed by atoms with Crippen LogP contribution in [0.1, 0.15) is 5.56 Å². The molecule has 0 aromatic heterocycles. The van der Waals surface area contributed by atoms with E-state index in [1.807, 2.05) is 37.3 Å². The number of benzene rings is 3. The number of nitrogens with zero attached hydrogens (tertiary/aromatic N) is 1. The van der Waals surface area contributed by atoms with Crippen LogP contribution in [0.25, 0.3) is 0 Å². The number of hydrogen-bond donors (Lipinski definition) is 1. The molecule has 0 spiro atoms. The monoisotopic (exact) mass is 454 g/mol. The van der Waals surface area contributed by atoms with E-state index >= 15 is 0 Å². The summed E-state index contributed by atoms with van der Waals surface area (Å²) in [4.78, 5) is 12.7. The molecule has 3 aromatic carbocycles. The Morgan fingerprint density at radius 2 is 1.56 bits per heavy atom. The zero-order valence-electron chi connectivity index (χ0n) is 18.0. The molecule has 0 aliphatic carbocycles. The summed E-state index contributed by atoms with van der Waals surface area (Å²) < 4.78 is 38.5. The molecule has 0 unspecified atom stereocenters. The molecule has 0 saturated heterocycles. The van der Waals surface area contributed by atoms with Gasteiger partial charge in [-0.1, -0.05) is 35.9 Å². The van der Waals surface area contributed by atoms with Crippen molar-refractivity contribution >= 4 is 21.6 Å². The molecule has 3 aromatic rings. The van der Waals surface area contributed by atoms with Crippen molar-refractivity contribution in [1.29, 1.82) is 0 Å². The first-order valence-electron chi connectivity index (χ1n) is 10.1. The number of ether oxygens (including phenoxy) is 2. The number of carbonyl (C=O) groups excluding carboxylic acids is 1. The molecule has 1 amide bonds. The molecule has 3 rings (SSSR count). The van der Waals surface area contributed by atoms with Crippen molar-refractivity contribution in [2.45, 2.75) is 11.8 Å². The van der Waals surface area contributed by atoms with Crippen LogP contribution in [0, 0.1) is 6.92 Å². The topological polar surface area (TPSA) is 84.9 Å². The third kappa shape index (κ3) is 6.01. The summed E-state index contributed by atoms with van der Waals surface area (Å²) in [7, 11) is -2.47. The molecule has 0 heterocycles. The Labute approximate surface area is 188 Å². The molecule has 0 radical (unpaired) electrons. The first kappa shape index (κ1) is 23.1. The van der Waals surface area contributed by atoms with Crippen LogP contribution < -0.4 is 19.1 Å². The van der Waals surface area contributed by atoms with Gasteiger partial charge in [-0.15, -0.1) is 0 Å². The zero-order valence-corrected chi connectivity index (χ0v) is 18.8. The van der Waals surface area contributed by atoms with Crippen LogP contribution >= 0.6 is 0 Å². The van der Waals surface area contributed by atoms with Crippen molar-refractivity contribution in [2.24, 2.45) is 0 Å². The van der Waals surface area contributed by atoms with Gasteiger partial charge in [0.1, 0.15) is 24.7 Å².